The summed E-state index contributed by atoms with van der Waals surface area (Å²) in [7, 11) is 1.94. The van der Waals surface area contributed by atoms with E-state index in [0.717, 1.165) is 5.75 Å². The van der Waals surface area contributed by atoms with Crippen LogP contribution in [0.15, 0.2) is 12.1 Å². The highest BCUT2D eigenvalue weighted by atomic mass is 35.5. The first-order valence-corrected chi connectivity index (χ1v) is 5.15. The largest absolute Gasteiger partial charge is 0.487 e. The Hall–Kier alpha value is -0.730. The summed E-state index contributed by atoms with van der Waals surface area (Å²) in [5, 5.41) is 3.95. The highest BCUT2D eigenvalue weighted by Gasteiger charge is 2.31. The topological polar surface area (TPSA) is 21.3 Å². The van der Waals surface area contributed by atoms with Crippen LogP contribution in [0.1, 0.15) is 24.1 Å². The van der Waals surface area contributed by atoms with Crippen molar-refractivity contribution in [2.24, 2.45) is 0 Å². The van der Waals surface area contributed by atoms with Crippen molar-refractivity contribution < 1.29 is 4.74 Å². The zero-order valence-corrected chi connectivity index (χ0v) is 9.35. The van der Waals surface area contributed by atoms with Crippen LogP contribution in [0.3, 0.4) is 0 Å². The molecule has 0 aliphatic carbocycles. The summed E-state index contributed by atoms with van der Waals surface area (Å²) >= 11 is 6.11. The zero-order valence-electron chi connectivity index (χ0n) is 8.60. The van der Waals surface area contributed by atoms with Crippen molar-refractivity contribution in [3.05, 3.63) is 28.3 Å². The Morgan fingerprint density at radius 2 is 2.14 bits per heavy atom. The molecular weight excluding hydrogens is 198 g/mol. The van der Waals surface area contributed by atoms with Crippen LogP contribution in [-0.2, 0) is 0 Å². The van der Waals surface area contributed by atoms with E-state index in [0.29, 0.717) is 5.02 Å². The Bertz CT molecular complexity index is 365. The Morgan fingerprint density at radius 1 is 1.43 bits per heavy atom. The minimum absolute atomic E-state index is 0.147. The smallest absolute Gasteiger partial charge is 0.143 e. The number of aryl methyl sites for hydroxylation is 1. The van der Waals surface area contributed by atoms with Crippen LogP contribution in [0.4, 0.5) is 0 Å². The molecule has 0 saturated heterocycles. The highest BCUT2D eigenvalue weighted by molar-refractivity contribution is 6.32. The second-order valence-electron chi connectivity index (χ2n) is 3.75. The lowest BCUT2D eigenvalue weighted by Crippen LogP contribution is -2.25. The fourth-order valence-electron chi connectivity index (χ4n) is 2.01. The van der Waals surface area contributed by atoms with Crippen molar-refractivity contribution in [1.29, 1.82) is 0 Å². The Labute approximate surface area is 89.2 Å². The van der Waals surface area contributed by atoms with Gasteiger partial charge in [0.2, 0.25) is 0 Å². The molecule has 0 aromatic heterocycles. The van der Waals surface area contributed by atoms with E-state index in [1.807, 2.05) is 27.0 Å². The summed E-state index contributed by atoms with van der Waals surface area (Å²) in [6, 6.07) is 4.32. The number of halogens is 1. The molecule has 0 saturated carbocycles. The molecule has 0 amide bonds. The zero-order chi connectivity index (χ0) is 10.3. The van der Waals surface area contributed by atoms with Crippen molar-refractivity contribution in [1.82, 2.24) is 5.32 Å². The third-order valence-corrected chi connectivity index (χ3v) is 2.92. The molecule has 0 radical (unpaired) electrons. The first-order valence-electron chi connectivity index (χ1n) is 4.77. The van der Waals surface area contributed by atoms with E-state index in [2.05, 4.69) is 11.4 Å². The normalized spacial score (nSPS) is 24.6. The molecule has 2 nitrogen and oxygen atoms in total. The third-order valence-electron chi connectivity index (χ3n) is 2.64. The summed E-state index contributed by atoms with van der Waals surface area (Å²) < 4.78 is 5.70. The molecule has 1 N–H and O–H groups in total. The van der Waals surface area contributed by atoms with Crippen LogP contribution in [0.5, 0.6) is 5.75 Å². The van der Waals surface area contributed by atoms with E-state index in [9.17, 15) is 0 Å². The molecule has 1 aliphatic heterocycles. The molecule has 3 heteroatoms. The predicted molar refractivity (Wildman–Crippen MR) is 58.1 cm³/mol. The van der Waals surface area contributed by atoms with Crippen LogP contribution in [0, 0.1) is 6.92 Å². The number of hydrogen-bond acceptors (Lipinski definition) is 2. The van der Waals surface area contributed by atoms with E-state index in [-0.39, 0.29) is 12.1 Å². The average Bonchev–Trinajstić information content (AvgIpc) is 2.41. The predicted octanol–water partition coefficient (Wildman–Crippen LogP) is 2.69. The maximum absolute atomic E-state index is 6.11. The SMILES string of the molecule is CNC1c2cc(C)cc(Cl)c2OC1C. The van der Waals surface area contributed by atoms with Crippen LogP contribution in [-0.4, -0.2) is 13.2 Å². The van der Waals surface area contributed by atoms with Crippen LogP contribution < -0.4 is 10.1 Å². The second kappa shape index (κ2) is 3.44. The second-order valence-corrected chi connectivity index (χ2v) is 4.16. The lowest BCUT2D eigenvalue weighted by molar-refractivity contribution is 0.214. The minimum Gasteiger partial charge on any atom is -0.487 e. The van der Waals surface area contributed by atoms with Crippen molar-refractivity contribution in [3.8, 4) is 5.75 Å². The van der Waals surface area contributed by atoms with E-state index in [1.54, 1.807) is 0 Å². The fourth-order valence-corrected chi connectivity index (χ4v) is 2.33. The molecule has 14 heavy (non-hydrogen) atoms. The summed E-state index contributed by atoms with van der Waals surface area (Å²) in [4.78, 5) is 0. The maximum atomic E-state index is 6.11. The van der Waals surface area contributed by atoms with Gasteiger partial charge < -0.3 is 10.1 Å². The van der Waals surface area contributed by atoms with E-state index < -0.39 is 0 Å². The first kappa shape index (κ1) is 9.81. The summed E-state index contributed by atoms with van der Waals surface area (Å²) in [6.45, 7) is 4.09. The van der Waals surface area contributed by atoms with Gasteiger partial charge in [-0.1, -0.05) is 17.7 Å². The minimum atomic E-state index is 0.147. The van der Waals surface area contributed by atoms with Crippen molar-refractivity contribution >= 4 is 11.6 Å². The summed E-state index contributed by atoms with van der Waals surface area (Å²) in [5.74, 6) is 0.837. The van der Waals surface area contributed by atoms with E-state index >= 15 is 0 Å². The molecule has 2 atom stereocenters. The standard InChI is InChI=1S/C11H14ClNO/c1-6-4-8-10(13-3)7(2)14-11(8)9(12)5-6/h4-5,7,10,13H,1-3H3. The van der Waals surface area contributed by atoms with Gasteiger partial charge in [-0.25, -0.2) is 0 Å². The van der Waals surface area contributed by atoms with Crippen molar-refractivity contribution in [2.45, 2.75) is 26.0 Å². The molecular formula is C11H14ClNO. The Kier molecular flexibility index (Phi) is 2.41. The van der Waals surface area contributed by atoms with Crippen LogP contribution in [0.25, 0.3) is 0 Å². The van der Waals surface area contributed by atoms with Gasteiger partial charge in [0.15, 0.2) is 0 Å². The quantitative estimate of drug-likeness (QED) is 0.771. The number of rotatable bonds is 1. The lowest BCUT2D eigenvalue weighted by Gasteiger charge is -2.12. The Balaban J connectivity index is 2.53. The van der Waals surface area contributed by atoms with Gasteiger partial charge in [-0.15, -0.1) is 0 Å². The van der Waals surface area contributed by atoms with Crippen molar-refractivity contribution in [2.75, 3.05) is 7.05 Å². The number of hydrogen-bond donors (Lipinski definition) is 1. The molecule has 1 heterocycles. The molecule has 1 aliphatic rings. The van der Waals surface area contributed by atoms with E-state index in [1.165, 1.54) is 11.1 Å². The monoisotopic (exact) mass is 211 g/mol. The number of fused-ring (bicyclic) bond motifs is 1. The third kappa shape index (κ3) is 1.39. The number of benzene rings is 1. The molecule has 1 aromatic rings. The van der Waals surface area contributed by atoms with Gasteiger partial charge in [0.25, 0.3) is 0 Å². The van der Waals surface area contributed by atoms with Gasteiger partial charge in [-0.3, -0.25) is 0 Å². The number of ether oxygens (including phenoxy) is 1. The highest BCUT2D eigenvalue weighted by Crippen LogP contribution is 2.41. The van der Waals surface area contributed by atoms with Gasteiger partial charge in [-0.05, 0) is 32.5 Å². The molecule has 76 valence electrons. The van der Waals surface area contributed by atoms with Gasteiger partial charge in [-0.2, -0.15) is 0 Å². The van der Waals surface area contributed by atoms with Crippen LogP contribution >= 0.6 is 11.6 Å². The van der Waals surface area contributed by atoms with Crippen molar-refractivity contribution in [3.63, 3.8) is 0 Å². The molecule has 0 spiro atoms. The van der Waals surface area contributed by atoms with Gasteiger partial charge in [0.1, 0.15) is 11.9 Å². The summed E-state index contributed by atoms with van der Waals surface area (Å²) in [5.41, 5.74) is 2.34. The number of nitrogens with one attached hydrogen (secondary N) is 1. The molecule has 0 bridgehead atoms. The molecule has 2 rings (SSSR count). The molecule has 2 unspecified atom stereocenters. The maximum Gasteiger partial charge on any atom is 0.143 e. The van der Waals surface area contributed by atoms with Gasteiger partial charge in [0.05, 0.1) is 11.1 Å². The fraction of sp³-hybridized carbons (Fsp3) is 0.455. The summed E-state index contributed by atoms with van der Waals surface area (Å²) in [6.07, 6.45) is 0.147. The van der Waals surface area contributed by atoms with Gasteiger partial charge in [0, 0.05) is 5.56 Å². The van der Waals surface area contributed by atoms with Crippen LogP contribution in [0.2, 0.25) is 5.02 Å². The lowest BCUT2D eigenvalue weighted by atomic mass is 10.0. The first-order chi connectivity index (χ1) is 6.63. The average molecular weight is 212 g/mol. The van der Waals surface area contributed by atoms with Gasteiger partial charge >= 0.3 is 0 Å². The molecule has 1 aromatic carbocycles. The van der Waals surface area contributed by atoms with E-state index in [4.69, 9.17) is 16.3 Å². The Morgan fingerprint density at radius 3 is 2.79 bits per heavy atom. The number of likely N-dealkylation sites (N-methyl/N-ethyl adjacent to an activating group) is 1. The molecule has 0 fully saturated rings.